The largest absolute Gasteiger partial charge is 0.329 e. The molecule has 1 aromatic carbocycles. The van der Waals surface area contributed by atoms with Crippen LogP contribution in [0, 0.1) is 6.92 Å². The molecule has 0 aliphatic carbocycles. The molecule has 2 atom stereocenters. The van der Waals surface area contributed by atoms with Crippen molar-refractivity contribution in [3.8, 4) is 11.1 Å². The quantitative estimate of drug-likeness (QED) is 0.754. The lowest BCUT2D eigenvalue weighted by Gasteiger charge is -2.38. The zero-order chi connectivity index (χ0) is 17.8. The highest BCUT2D eigenvalue weighted by molar-refractivity contribution is 6.02. The number of hydrogen-bond acceptors (Lipinski definition) is 2. The van der Waals surface area contributed by atoms with Crippen LogP contribution in [-0.4, -0.2) is 27.9 Å². The topological polar surface area (TPSA) is 33.2 Å². The zero-order valence-electron chi connectivity index (χ0n) is 14.9. The Kier molecular flexibility index (Phi) is 5.13. The van der Waals surface area contributed by atoms with E-state index in [1.54, 1.807) is 6.20 Å². The average molecular weight is 332 g/mol. The van der Waals surface area contributed by atoms with Gasteiger partial charge in [-0.25, -0.2) is 0 Å². The van der Waals surface area contributed by atoms with E-state index in [4.69, 9.17) is 0 Å². The van der Waals surface area contributed by atoms with Crippen molar-refractivity contribution in [3.05, 3.63) is 78.7 Å². The van der Waals surface area contributed by atoms with Gasteiger partial charge in [0.15, 0.2) is 0 Å². The van der Waals surface area contributed by atoms with Crippen LogP contribution >= 0.6 is 0 Å². The van der Waals surface area contributed by atoms with Crippen molar-refractivity contribution < 1.29 is 4.79 Å². The minimum Gasteiger partial charge on any atom is -0.329 e. The van der Waals surface area contributed by atoms with Crippen molar-refractivity contribution in [2.75, 3.05) is 0 Å². The maximum Gasteiger partial charge on any atom is 0.257 e. The van der Waals surface area contributed by atoms with Gasteiger partial charge in [-0.15, -0.1) is 6.58 Å². The first-order chi connectivity index (χ1) is 12.1. The third kappa shape index (κ3) is 3.41. The van der Waals surface area contributed by atoms with Gasteiger partial charge in [0.2, 0.25) is 0 Å². The molecular formula is C22H24N2O. The lowest BCUT2D eigenvalue weighted by molar-refractivity contribution is 0.0622. The number of nitrogens with zero attached hydrogens (tertiary/aromatic N) is 2. The number of rotatable bonds is 4. The molecule has 1 aliphatic heterocycles. The SMILES string of the molecule is C=CC[C@@H]1CC=C[C@@H](C)N1C(=O)c1c(-c2ccccc2)ccnc1C. The van der Waals surface area contributed by atoms with Crippen LogP contribution in [0.2, 0.25) is 0 Å². The molecule has 128 valence electrons. The van der Waals surface area contributed by atoms with E-state index >= 15 is 0 Å². The van der Waals surface area contributed by atoms with Gasteiger partial charge in [0.25, 0.3) is 5.91 Å². The summed E-state index contributed by atoms with van der Waals surface area (Å²) >= 11 is 0. The highest BCUT2D eigenvalue weighted by Crippen LogP contribution is 2.29. The number of hydrogen-bond donors (Lipinski definition) is 0. The minimum atomic E-state index is 0.0492. The number of amides is 1. The first kappa shape index (κ1) is 17.2. The zero-order valence-corrected chi connectivity index (χ0v) is 14.9. The number of aromatic nitrogens is 1. The summed E-state index contributed by atoms with van der Waals surface area (Å²) in [6.45, 7) is 7.83. The van der Waals surface area contributed by atoms with Crippen LogP contribution in [0.4, 0.5) is 0 Å². The molecule has 3 rings (SSSR count). The molecule has 0 saturated heterocycles. The molecule has 3 heteroatoms. The molecule has 1 aliphatic rings. The summed E-state index contributed by atoms with van der Waals surface area (Å²) in [7, 11) is 0. The van der Waals surface area contributed by atoms with Gasteiger partial charge in [0.1, 0.15) is 0 Å². The van der Waals surface area contributed by atoms with Gasteiger partial charge in [-0.2, -0.15) is 0 Å². The summed E-state index contributed by atoms with van der Waals surface area (Å²) in [4.78, 5) is 19.9. The van der Waals surface area contributed by atoms with Crippen LogP contribution in [0.15, 0.2) is 67.4 Å². The molecule has 0 saturated carbocycles. The molecule has 25 heavy (non-hydrogen) atoms. The molecule has 0 unspecified atom stereocenters. The fraction of sp³-hybridized carbons (Fsp3) is 0.273. The van der Waals surface area contributed by atoms with Crippen LogP contribution in [0.1, 0.15) is 35.8 Å². The van der Waals surface area contributed by atoms with Crippen LogP contribution in [0.5, 0.6) is 0 Å². The summed E-state index contributed by atoms with van der Waals surface area (Å²) in [6.07, 6.45) is 9.59. The van der Waals surface area contributed by atoms with E-state index < -0.39 is 0 Å². The molecule has 0 spiro atoms. The maximum absolute atomic E-state index is 13.5. The third-order valence-electron chi connectivity index (χ3n) is 4.77. The number of benzene rings is 1. The molecular weight excluding hydrogens is 308 g/mol. The number of carbonyl (C=O) groups excluding carboxylic acids is 1. The van der Waals surface area contributed by atoms with E-state index in [0.29, 0.717) is 5.56 Å². The Morgan fingerprint density at radius 3 is 2.80 bits per heavy atom. The van der Waals surface area contributed by atoms with Gasteiger partial charge in [0.05, 0.1) is 11.3 Å². The Bertz CT molecular complexity index is 795. The van der Waals surface area contributed by atoms with Crippen molar-refractivity contribution in [3.63, 3.8) is 0 Å². The molecule has 2 aromatic rings. The normalized spacial score (nSPS) is 19.7. The predicted octanol–water partition coefficient (Wildman–Crippen LogP) is 4.79. The van der Waals surface area contributed by atoms with E-state index in [1.807, 2.05) is 54.3 Å². The van der Waals surface area contributed by atoms with Gasteiger partial charge in [0, 0.05) is 18.3 Å². The number of aryl methyl sites for hydroxylation is 1. The Labute approximate surface area is 149 Å². The van der Waals surface area contributed by atoms with E-state index in [2.05, 4.69) is 30.6 Å². The van der Waals surface area contributed by atoms with Crippen molar-refractivity contribution in [2.45, 2.75) is 38.8 Å². The third-order valence-corrected chi connectivity index (χ3v) is 4.77. The summed E-state index contributed by atoms with van der Waals surface area (Å²) in [5.41, 5.74) is 3.45. The van der Waals surface area contributed by atoms with Crippen molar-refractivity contribution >= 4 is 5.91 Å². The highest BCUT2D eigenvalue weighted by Gasteiger charge is 2.31. The van der Waals surface area contributed by atoms with E-state index in [9.17, 15) is 4.79 Å². The van der Waals surface area contributed by atoms with E-state index in [-0.39, 0.29) is 18.0 Å². The molecule has 3 nitrogen and oxygen atoms in total. The first-order valence-corrected chi connectivity index (χ1v) is 8.74. The molecule has 0 bridgehead atoms. The second kappa shape index (κ2) is 7.47. The molecule has 2 heterocycles. The van der Waals surface area contributed by atoms with Gasteiger partial charge in [-0.05, 0) is 43.9 Å². The first-order valence-electron chi connectivity index (χ1n) is 8.74. The Balaban J connectivity index is 2.08. The van der Waals surface area contributed by atoms with Crippen molar-refractivity contribution in [1.29, 1.82) is 0 Å². The minimum absolute atomic E-state index is 0.0492. The van der Waals surface area contributed by atoms with Crippen LogP contribution in [-0.2, 0) is 0 Å². The number of carbonyl (C=O) groups is 1. The molecule has 0 N–H and O–H groups in total. The molecule has 1 aromatic heterocycles. The molecule has 0 fully saturated rings. The standard InChI is InChI=1S/C22H24N2O/c1-4-9-19-13-8-10-16(2)24(19)22(25)21-17(3)23-15-14-20(21)18-11-6-5-7-12-18/h4-8,10-12,14-16,19H,1,9,13H2,2-3H3/t16-,19-/m1/s1. The molecule has 1 amide bonds. The van der Waals surface area contributed by atoms with Crippen LogP contribution in [0.25, 0.3) is 11.1 Å². The fourth-order valence-corrected chi connectivity index (χ4v) is 3.55. The van der Waals surface area contributed by atoms with Gasteiger partial charge >= 0.3 is 0 Å². The van der Waals surface area contributed by atoms with Gasteiger partial charge < -0.3 is 4.90 Å². The summed E-state index contributed by atoms with van der Waals surface area (Å²) < 4.78 is 0. The fourth-order valence-electron chi connectivity index (χ4n) is 3.55. The average Bonchev–Trinajstić information content (AvgIpc) is 2.62. The lowest BCUT2D eigenvalue weighted by atomic mass is 9.94. The predicted molar refractivity (Wildman–Crippen MR) is 102 cm³/mol. The summed E-state index contributed by atoms with van der Waals surface area (Å²) in [6, 6.07) is 12.2. The molecule has 0 radical (unpaired) electrons. The summed E-state index contributed by atoms with van der Waals surface area (Å²) in [5, 5.41) is 0. The smallest absolute Gasteiger partial charge is 0.257 e. The van der Waals surface area contributed by atoms with Gasteiger partial charge in [-0.3, -0.25) is 9.78 Å². The van der Waals surface area contributed by atoms with Crippen LogP contribution < -0.4 is 0 Å². The Hall–Kier alpha value is -2.68. The lowest BCUT2D eigenvalue weighted by Crippen LogP contribution is -2.47. The Morgan fingerprint density at radius 2 is 2.08 bits per heavy atom. The van der Waals surface area contributed by atoms with Gasteiger partial charge in [-0.1, -0.05) is 48.6 Å². The van der Waals surface area contributed by atoms with Crippen molar-refractivity contribution in [2.24, 2.45) is 0 Å². The van der Waals surface area contributed by atoms with Crippen LogP contribution in [0.3, 0.4) is 0 Å². The second-order valence-electron chi connectivity index (χ2n) is 6.48. The second-order valence-corrected chi connectivity index (χ2v) is 6.48. The monoisotopic (exact) mass is 332 g/mol. The van der Waals surface area contributed by atoms with E-state index in [0.717, 1.165) is 29.7 Å². The van der Waals surface area contributed by atoms with Crippen molar-refractivity contribution in [1.82, 2.24) is 9.88 Å². The Morgan fingerprint density at radius 1 is 1.32 bits per heavy atom. The maximum atomic E-state index is 13.5. The summed E-state index contributed by atoms with van der Waals surface area (Å²) in [5.74, 6) is 0.0492. The highest BCUT2D eigenvalue weighted by atomic mass is 16.2. The number of pyridine rings is 1. The van der Waals surface area contributed by atoms with E-state index in [1.165, 1.54) is 0 Å².